The lowest BCUT2D eigenvalue weighted by Gasteiger charge is -2.49. The molecule has 2 atom stereocenters. The van der Waals surface area contributed by atoms with Crippen LogP contribution in [0.15, 0.2) is 0 Å². The topological polar surface area (TPSA) is 41.7 Å². The second-order valence-electron chi connectivity index (χ2n) is 6.36. The van der Waals surface area contributed by atoms with Crippen molar-refractivity contribution in [1.82, 2.24) is 9.80 Å². The van der Waals surface area contributed by atoms with Gasteiger partial charge in [-0.1, -0.05) is 0 Å². The van der Waals surface area contributed by atoms with Gasteiger partial charge in [0, 0.05) is 25.2 Å². The van der Waals surface area contributed by atoms with Crippen LogP contribution in [0.5, 0.6) is 0 Å². The molecule has 2 unspecified atom stereocenters. The zero-order valence-corrected chi connectivity index (χ0v) is 12.2. The van der Waals surface area contributed by atoms with Gasteiger partial charge < -0.3 is 20.3 Å². The first-order valence-corrected chi connectivity index (χ1v) is 7.27. The zero-order chi connectivity index (χ0) is 13.2. The highest BCUT2D eigenvalue weighted by atomic mass is 16.5. The van der Waals surface area contributed by atoms with Crippen molar-refractivity contribution in [3.8, 4) is 0 Å². The Morgan fingerprint density at radius 3 is 2.28 bits per heavy atom. The van der Waals surface area contributed by atoms with Gasteiger partial charge in [0.05, 0.1) is 12.2 Å². The Labute approximate surface area is 111 Å². The van der Waals surface area contributed by atoms with Gasteiger partial charge in [0.1, 0.15) is 0 Å². The standard InChI is InChI=1S/C14H29N3O/c1-16(2)14(7-4-8-14)11-17(3)10-13-6-5-12(9-15)18-13/h12-13H,4-11,15H2,1-3H3. The van der Waals surface area contributed by atoms with Crippen LogP contribution in [0, 0.1) is 0 Å². The third kappa shape index (κ3) is 3.05. The van der Waals surface area contributed by atoms with Crippen LogP contribution < -0.4 is 5.73 Å². The minimum atomic E-state index is 0.301. The molecule has 1 saturated carbocycles. The highest BCUT2D eigenvalue weighted by Gasteiger charge is 2.40. The monoisotopic (exact) mass is 255 g/mol. The van der Waals surface area contributed by atoms with Crippen molar-refractivity contribution < 1.29 is 4.74 Å². The quantitative estimate of drug-likeness (QED) is 0.766. The van der Waals surface area contributed by atoms with E-state index in [2.05, 4.69) is 30.9 Å². The second-order valence-corrected chi connectivity index (χ2v) is 6.36. The molecule has 0 bridgehead atoms. The number of nitrogens with two attached hydrogens (primary N) is 1. The minimum absolute atomic E-state index is 0.301. The average Bonchev–Trinajstić information content (AvgIpc) is 2.70. The van der Waals surface area contributed by atoms with E-state index >= 15 is 0 Å². The Balaban J connectivity index is 1.76. The van der Waals surface area contributed by atoms with E-state index in [4.69, 9.17) is 10.5 Å². The summed E-state index contributed by atoms with van der Waals surface area (Å²) in [5.74, 6) is 0. The van der Waals surface area contributed by atoms with Gasteiger partial charge in [-0.3, -0.25) is 0 Å². The Bertz CT molecular complexity index is 266. The van der Waals surface area contributed by atoms with Gasteiger partial charge in [0.15, 0.2) is 0 Å². The van der Waals surface area contributed by atoms with Crippen molar-refractivity contribution in [3.63, 3.8) is 0 Å². The fraction of sp³-hybridized carbons (Fsp3) is 1.00. The van der Waals surface area contributed by atoms with Gasteiger partial charge in [-0.05, 0) is 53.2 Å². The lowest BCUT2D eigenvalue weighted by Crippen LogP contribution is -2.57. The van der Waals surface area contributed by atoms with E-state index in [1.165, 1.54) is 25.7 Å². The van der Waals surface area contributed by atoms with Crippen molar-refractivity contribution >= 4 is 0 Å². The summed E-state index contributed by atoms with van der Waals surface area (Å²) in [6.45, 7) is 2.88. The molecule has 4 heteroatoms. The molecule has 18 heavy (non-hydrogen) atoms. The highest BCUT2D eigenvalue weighted by Crippen LogP contribution is 2.36. The normalized spacial score (nSPS) is 31.0. The molecule has 0 aromatic heterocycles. The predicted octanol–water partition coefficient (Wildman–Crippen LogP) is 0.909. The smallest absolute Gasteiger partial charge is 0.0707 e. The van der Waals surface area contributed by atoms with Crippen molar-refractivity contribution in [2.75, 3.05) is 40.8 Å². The molecule has 0 spiro atoms. The molecule has 106 valence electrons. The number of rotatable bonds is 6. The minimum Gasteiger partial charge on any atom is -0.372 e. The number of hydrogen-bond acceptors (Lipinski definition) is 4. The third-order valence-electron chi connectivity index (χ3n) is 4.77. The Morgan fingerprint density at radius 2 is 1.83 bits per heavy atom. The third-order valence-corrected chi connectivity index (χ3v) is 4.77. The van der Waals surface area contributed by atoms with Crippen LogP contribution >= 0.6 is 0 Å². The molecule has 0 radical (unpaired) electrons. The first-order valence-electron chi connectivity index (χ1n) is 7.27. The maximum atomic E-state index is 5.93. The first kappa shape index (κ1) is 14.3. The van der Waals surface area contributed by atoms with Gasteiger partial charge >= 0.3 is 0 Å². The summed E-state index contributed by atoms with van der Waals surface area (Å²) < 4.78 is 5.93. The van der Waals surface area contributed by atoms with Crippen LogP contribution in [0.3, 0.4) is 0 Å². The van der Waals surface area contributed by atoms with Crippen LogP contribution in [-0.2, 0) is 4.74 Å². The van der Waals surface area contributed by atoms with Gasteiger partial charge in [-0.15, -0.1) is 0 Å². The van der Waals surface area contributed by atoms with Crippen molar-refractivity contribution in [2.45, 2.75) is 49.9 Å². The van der Waals surface area contributed by atoms with E-state index in [-0.39, 0.29) is 0 Å². The van der Waals surface area contributed by atoms with Crippen molar-refractivity contribution in [1.29, 1.82) is 0 Å². The summed E-state index contributed by atoms with van der Waals surface area (Å²) in [4.78, 5) is 4.86. The lowest BCUT2D eigenvalue weighted by atomic mass is 9.75. The predicted molar refractivity (Wildman–Crippen MR) is 74.7 cm³/mol. The summed E-state index contributed by atoms with van der Waals surface area (Å²) in [5, 5.41) is 0. The maximum Gasteiger partial charge on any atom is 0.0707 e. The van der Waals surface area contributed by atoms with Gasteiger partial charge in [0.25, 0.3) is 0 Å². The molecule has 4 nitrogen and oxygen atoms in total. The SMILES string of the molecule is CN(CC1CCC(CN)O1)CC1(N(C)C)CCC1. The van der Waals surface area contributed by atoms with E-state index in [0.29, 0.717) is 24.3 Å². The summed E-state index contributed by atoms with van der Waals surface area (Å²) in [6, 6.07) is 0. The van der Waals surface area contributed by atoms with Gasteiger partial charge in [0.2, 0.25) is 0 Å². The molecule has 2 aliphatic rings. The van der Waals surface area contributed by atoms with E-state index in [9.17, 15) is 0 Å². The van der Waals surface area contributed by atoms with E-state index in [0.717, 1.165) is 19.5 Å². The molecule has 2 rings (SSSR count). The van der Waals surface area contributed by atoms with E-state index in [1.54, 1.807) is 0 Å². The summed E-state index contributed by atoms with van der Waals surface area (Å²) in [6.07, 6.45) is 7.04. The summed E-state index contributed by atoms with van der Waals surface area (Å²) in [5.41, 5.74) is 6.07. The number of likely N-dealkylation sites (N-methyl/N-ethyl adjacent to an activating group) is 2. The molecule has 2 N–H and O–H groups in total. The van der Waals surface area contributed by atoms with Crippen molar-refractivity contribution in [3.05, 3.63) is 0 Å². The zero-order valence-electron chi connectivity index (χ0n) is 12.2. The second kappa shape index (κ2) is 5.87. The van der Waals surface area contributed by atoms with Crippen LogP contribution in [-0.4, -0.2) is 68.3 Å². The Kier molecular flexibility index (Phi) is 4.64. The van der Waals surface area contributed by atoms with Crippen LogP contribution in [0.25, 0.3) is 0 Å². The Hall–Kier alpha value is -0.160. The lowest BCUT2D eigenvalue weighted by molar-refractivity contribution is -0.00322. The summed E-state index contributed by atoms with van der Waals surface area (Å²) >= 11 is 0. The number of ether oxygens (including phenoxy) is 1. The molecule has 0 aromatic rings. The van der Waals surface area contributed by atoms with Crippen molar-refractivity contribution in [2.24, 2.45) is 5.73 Å². The number of hydrogen-bond donors (Lipinski definition) is 1. The van der Waals surface area contributed by atoms with Crippen LogP contribution in [0.4, 0.5) is 0 Å². The number of nitrogens with zero attached hydrogens (tertiary/aromatic N) is 2. The molecule has 1 saturated heterocycles. The van der Waals surface area contributed by atoms with Crippen LogP contribution in [0.1, 0.15) is 32.1 Å². The molecule has 2 fully saturated rings. The van der Waals surface area contributed by atoms with E-state index < -0.39 is 0 Å². The molecular weight excluding hydrogens is 226 g/mol. The molecule has 1 heterocycles. The molecule has 0 amide bonds. The molecule has 0 aromatic carbocycles. The summed E-state index contributed by atoms with van der Waals surface area (Å²) in [7, 11) is 6.65. The maximum absolute atomic E-state index is 5.93. The van der Waals surface area contributed by atoms with Gasteiger partial charge in [-0.25, -0.2) is 0 Å². The van der Waals surface area contributed by atoms with E-state index in [1.807, 2.05) is 0 Å². The molecule has 1 aliphatic carbocycles. The van der Waals surface area contributed by atoms with Gasteiger partial charge in [-0.2, -0.15) is 0 Å². The molecule has 1 aliphatic heterocycles. The Morgan fingerprint density at radius 1 is 1.17 bits per heavy atom. The van der Waals surface area contributed by atoms with Crippen LogP contribution in [0.2, 0.25) is 0 Å². The average molecular weight is 255 g/mol. The fourth-order valence-electron chi connectivity index (χ4n) is 3.33. The highest BCUT2D eigenvalue weighted by molar-refractivity contribution is 4.98. The first-order chi connectivity index (χ1) is 8.55. The fourth-order valence-corrected chi connectivity index (χ4v) is 3.33. The largest absolute Gasteiger partial charge is 0.372 e. The molecular formula is C14H29N3O.